The Morgan fingerprint density at radius 2 is 2.00 bits per heavy atom. The molecule has 1 saturated heterocycles. The van der Waals surface area contributed by atoms with Crippen molar-refractivity contribution in [2.24, 2.45) is 0 Å². The van der Waals surface area contributed by atoms with E-state index < -0.39 is 0 Å². The number of anilines is 1. The summed E-state index contributed by atoms with van der Waals surface area (Å²) < 4.78 is 0. The molecule has 23 heavy (non-hydrogen) atoms. The van der Waals surface area contributed by atoms with E-state index in [9.17, 15) is 0 Å². The number of nitrogens with zero attached hydrogens (tertiary/aromatic N) is 6. The lowest BCUT2D eigenvalue weighted by Crippen LogP contribution is -2.46. The summed E-state index contributed by atoms with van der Waals surface area (Å²) in [5.41, 5.74) is 0. The highest BCUT2D eigenvalue weighted by Crippen LogP contribution is 2.30. The lowest BCUT2D eigenvalue weighted by molar-refractivity contribution is 0.244. The van der Waals surface area contributed by atoms with Crippen LogP contribution in [0.15, 0.2) is 12.4 Å². The number of nitrogens with one attached hydrogen (secondary N) is 1. The van der Waals surface area contributed by atoms with Crippen LogP contribution < -0.4 is 4.90 Å². The number of piperazine rings is 1. The molecule has 0 saturated carbocycles. The normalized spacial score (nSPS) is 16.3. The van der Waals surface area contributed by atoms with E-state index in [1.807, 2.05) is 6.92 Å². The van der Waals surface area contributed by atoms with Crippen molar-refractivity contribution < 1.29 is 0 Å². The van der Waals surface area contributed by atoms with Crippen LogP contribution in [0, 0.1) is 13.8 Å². The number of fused-ring (bicyclic) bond motifs is 1. The molecular formula is C15H19N7S. The van der Waals surface area contributed by atoms with E-state index in [2.05, 4.69) is 47.9 Å². The van der Waals surface area contributed by atoms with Gasteiger partial charge in [-0.2, -0.15) is 5.10 Å². The second-order valence-corrected chi connectivity index (χ2v) is 7.11. The molecule has 0 aliphatic carbocycles. The molecule has 3 aromatic heterocycles. The van der Waals surface area contributed by atoms with Gasteiger partial charge in [0.05, 0.1) is 11.9 Å². The topological polar surface area (TPSA) is 73.8 Å². The average molecular weight is 329 g/mol. The van der Waals surface area contributed by atoms with Gasteiger partial charge in [-0.15, -0.1) is 11.3 Å². The van der Waals surface area contributed by atoms with Gasteiger partial charge in [0.15, 0.2) is 5.82 Å². The Morgan fingerprint density at radius 1 is 1.17 bits per heavy atom. The zero-order valence-corrected chi connectivity index (χ0v) is 14.1. The van der Waals surface area contributed by atoms with Gasteiger partial charge in [-0.1, -0.05) is 0 Å². The van der Waals surface area contributed by atoms with Crippen LogP contribution in [0.4, 0.5) is 5.82 Å². The number of hydrogen-bond acceptors (Lipinski definition) is 7. The Balaban J connectivity index is 1.46. The summed E-state index contributed by atoms with van der Waals surface area (Å²) in [4.78, 5) is 20.4. The van der Waals surface area contributed by atoms with Crippen LogP contribution in [0.3, 0.4) is 0 Å². The third-order valence-electron chi connectivity index (χ3n) is 4.11. The molecule has 7 nitrogen and oxygen atoms in total. The van der Waals surface area contributed by atoms with Crippen molar-refractivity contribution >= 4 is 27.4 Å². The molecule has 1 aliphatic rings. The Morgan fingerprint density at radius 3 is 2.74 bits per heavy atom. The van der Waals surface area contributed by atoms with Gasteiger partial charge >= 0.3 is 0 Å². The highest BCUT2D eigenvalue weighted by molar-refractivity contribution is 7.18. The second kappa shape index (κ2) is 5.86. The van der Waals surface area contributed by atoms with E-state index in [-0.39, 0.29) is 0 Å². The predicted molar refractivity (Wildman–Crippen MR) is 90.8 cm³/mol. The third kappa shape index (κ3) is 2.91. The Labute approximate surface area is 138 Å². The van der Waals surface area contributed by atoms with E-state index >= 15 is 0 Å². The first-order valence-electron chi connectivity index (χ1n) is 7.75. The monoisotopic (exact) mass is 329 g/mol. The quantitative estimate of drug-likeness (QED) is 0.789. The van der Waals surface area contributed by atoms with Crippen LogP contribution in [0.1, 0.15) is 16.5 Å². The third-order valence-corrected chi connectivity index (χ3v) is 5.07. The molecule has 8 heteroatoms. The summed E-state index contributed by atoms with van der Waals surface area (Å²) in [6, 6.07) is 2.19. The van der Waals surface area contributed by atoms with Gasteiger partial charge in [-0.25, -0.2) is 15.0 Å². The van der Waals surface area contributed by atoms with Crippen molar-refractivity contribution in [2.45, 2.75) is 20.4 Å². The minimum Gasteiger partial charge on any atom is -0.353 e. The molecule has 0 radical (unpaired) electrons. The first-order chi connectivity index (χ1) is 11.2. The molecule has 1 fully saturated rings. The molecule has 0 bridgehead atoms. The summed E-state index contributed by atoms with van der Waals surface area (Å²) in [6.07, 6.45) is 1.68. The van der Waals surface area contributed by atoms with Crippen LogP contribution in [0.2, 0.25) is 0 Å². The zero-order chi connectivity index (χ0) is 15.8. The van der Waals surface area contributed by atoms with E-state index in [0.717, 1.165) is 55.0 Å². The van der Waals surface area contributed by atoms with Crippen LogP contribution >= 0.6 is 11.3 Å². The van der Waals surface area contributed by atoms with Gasteiger partial charge in [0.1, 0.15) is 22.8 Å². The van der Waals surface area contributed by atoms with Crippen molar-refractivity contribution in [2.75, 3.05) is 31.1 Å². The van der Waals surface area contributed by atoms with Crippen molar-refractivity contribution in [1.82, 2.24) is 30.0 Å². The molecule has 0 spiro atoms. The van der Waals surface area contributed by atoms with Crippen molar-refractivity contribution in [3.05, 3.63) is 28.9 Å². The van der Waals surface area contributed by atoms with Gasteiger partial charge in [0.2, 0.25) is 0 Å². The smallest absolute Gasteiger partial charge is 0.164 e. The lowest BCUT2D eigenvalue weighted by atomic mass is 10.2. The van der Waals surface area contributed by atoms with Crippen molar-refractivity contribution in [3.8, 4) is 0 Å². The Bertz CT molecular complexity index is 816. The maximum Gasteiger partial charge on any atom is 0.164 e. The number of aryl methyl sites for hydroxylation is 2. The van der Waals surface area contributed by atoms with Crippen molar-refractivity contribution in [1.29, 1.82) is 0 Å². The molecule has 4 rings (SSSR count). The maximum atomic E-state index is 4.53. The van der Waals surface area contributed by atoms with Gasteiger partial charge in [-0.3, -0.25) is 10.00 Å². The molecule has 0 atom stereocenters. The molecule has 1 N–H and O–H groups in total. The fraction of sp³-hybridized carbons (Fsp3) is 0.467. The summed E-state index contributed by atoms with van der Waals surface area (Å²) in [6.45, 7) is 8.75. The Hall–Kier alpha value is -2.06. The van der Waals surface area contributed by atoms with Crippen LogP contribution in [-0.4, -0.2) is 56.2 Å². The second-order valence-electron chi connectivity index (χ2n) is 5.87. The number of hydrogen-bond donors (Lipinski definition) is 1. The molecule has 3 aromatic rings. The van der Waals surface area contributed by atoms with E-state index in [1.54, 1.807) is 17.7 Å². The molecule has 1 aliphatic heterocycles. The van der Waals surface area contributed by atoms with Crippen LogP contribution in [0.5, 0.6) is 0 Å². The zero-order valence-electron chi connectivity index (χ0n) is 13.3. The molecule has 4 heterocycles. The number of rotatable bonds is 3. The highest BCUT2D eigenvalue weighted by atomic mass is 32.1. The van der Waals surface area contributed by atoms with Crippen molar-refractivity contribution in [3.63, 3.8) is 0 Å². The van der Waals surface area contributed by atoms with E-state index in [4.69, 9.17) is 0 Å². The molecule has 0 amide bonds. The van der Waals surface area contributed by atoms with Gasteiger partial charge in [0.25, 0.3) is 0 Å². The average Bonchev–Trinajstić information content (AvgIpc) is 3.12. The number of aromatic nitrogens is 5. The first-order valence-corrected chi connectivity index (χ1v) is 8.57. The maximum absolute atomic E-state index is 4.53. The minimum absolute atomic E-state index is 0.801. The van der Waals surface area contributed by atoms with Gasteiger partial charge in [-0.05, 0) is 19.9 Å². The Kier molecular flexibility index (Phi) is 3.70. The molecular weight excluding hydrogens is 310 g/mol. The fourth-order valence-electron chi connectivity index (χ4n) is 2.99. The summed E-state index contributed by atoms with van der Waals surface area (Å²) in [5, 5.41) is 8.30. The molecule has 120 valence electrons. The molecule has 0 unspecified atom stereocenters. The van der Waals surface area contributed by atoms with Crippen LogP contribution in [0.25, 0.3) is 10.2 Å². The standard InChI is InChI=1S/C15H19N7S/c1-10-7-12-14(16-9-17-15(12)23-10)22-5-3-21(4-6-22)8-13-18-11(2)19-20-13/h7,9H,3-6,8H2,1-2H3,(H,18,19,20). The lowest BCUT2D eigenvalue weighted by Gasteiger charge is -2.35. The predicted octanol–water partition coefficient (Wildman–Crippen LogP) is 1.75. The van der Waals surface area contributed by atoms with E-state index in [1.165, 1.54) is 10.3 Å². The number of H-pyrrole nitrogens is 1. The molecule has 0 aromatic carbocycles. The van der Waals surface area contributed by atoms with Gasteiger partial charge in [0, 0.05) is 31.1 Å². The minimum atomic E-state index is 0.801. The van der Waals surface area contributed by atoms with E-state index in [0.29, 0.717) is 0 Å². The fourth-order valence-corrected chi connectivity index (χ4v) is 3.83. The largest absolute Gasteiger partial charge is 0.353 e. The highest BCUT2D eigenvalue weighted by Gasteiger charge is 2.21. The number of thiophene rings is 1. The summed E-state index contributed by atoms with van der Waals surface area (Å²) in [7, 11) is 0. The van der Waals surface area contributed by atoms with Crippen LogP contribution in [-0.2, 0) is 6.54 Å². The first kappa shape index (κ1) is 14.5. The SMILES string of the molecule is Cc1nc(CN2CCN(c3ncnc4sc(C)cc34)CC2)n[nH]1. The summed E-state index contributed by atoms with van der Waals surface area (Å²) >= 11 is 1.73. The number of aromatic amines is 1. The summed E-state index contributed by atoms with van der Waals surface area (Å²) in [5.74, 6) is 2.80. The van der Waals surface area contributed by atoms with Gasteiger partial charge < -0.3 is 4.90 Å².